The van der Waals surface area contributed by atoms with Crippen molar-refractivity contribution in [1.29, 1.82) is 0 Å². The fraction of sp³-hybridized carbons (Fsp3) is 0.0909. The topological polar surface area (TPSA) is 130 Å². The summed E-state index contributed by atoms with van der Waals surface area (Å²) in [6.45, 7) is 0.119. The van der Waals surface area contributed by atoms with Gasteiger partial charge in [-0.1, -0.05) is 60.7 Å². The summed E-state index contributed by atoms with van der Waals surface area (Å²) >= 11 is 1.14. The Morgan fingerprint density at radius 1 is 0.794 bits per heavy atom. The first-order valence-electron chi connectivity index (χ1n) is 10.1. The number of benzene rings is 2. The van der Waals surface area contributed by atoms with Crippen molar-refractivity contribution < 1.29 is 16.8 Å². The van der Waals surface area contributed by atoms with Gasteiger partial charge in [-0.05, 0) is 23.3 Å². The summed E-state index contributed by atoms with van der Waals surface area (Å²) in [4.78, 5) is 7.70. The molecular weight excluding hydrogens is 494 g/mol. The largest absolute Gasteiger partial charge is 0.300 e. The van der Waals surface area contributed by atoms with Crippen LogP contribution >= 0.6 is 11.3 Å². The first-order valence-corrected chi connectivity index (χ1v) is 13.9. The minimum absolute atomic E-state index is 0.0170. The zero-order chi connectivity index (χ0) is 24.0. The van der Waals surface area contributed by atoms with E-state index in [1.165, 1.54) is 18.3 Å². The van der Waals surface area contributed by atoms with Gasteiger partial charge in [-0.3, -0.25) is 9.44 Å². The normalized spacial score (nSPS) is 11.9. The highest BCUT2D eigenvalue weighted by Crippen LogP contribution is 2.24. The molecule has 0 saturated heterocycles. The quantitative estimate of drug-likeness (QED) is 0.297. The highest BCUT2D eigenvalue weighted by Gasteiger charge is 2.20. The van der Waals surface area contributed by atoms with Crippen LogP contribution in [0.15, 0.2) is 95.5 Å². The number of hydrogen-bond donors (Lipinski definition) is 3. The molecule has 0 saturated carbocycles. The molecule has 0 spiro atoms. The van der Waals surface area contributed by atoms with Crippen molar-refractivity contribution in [3.05, 3.63) is 102 Å². The molecule has 0 amide bonds. The van der Waals surface area contributed by atoms with Crippen LogP contribution in [-0.4, -0.2) is 33.3 Å². The monoisotopic (exact) mass is 515 g/mol. The smallest absolute Gasteiger partial charge is 0.255 e. The highest BCUT2D eigenvalue weighted by molar-refractivity contribution is 7.93. The van der Waals surface area contributed by atoms with E-state index in [9.17, 15) is 16.8 Å². The Balaban J connectivity index is 1.44. The lowest BCUT2D eigenvalue weighted by atomic mass is 9.92. The fourth-order valence-corrected chi connectivity index (χ4v) is 5.80. The molecule has 0 aliphatic rings. The number of thiazole rings is 1. The summed E-state index contributed by atoms with van der Waals surface area (Å²) in [5, 5.41) is 1.86. The number of pyridine rings is 1. The van der Waals surface area contributed by atoms with Crippen LogP contribution in [0.2, 0.25) is 0 Å². The molecule has 2 aromatic carbocycles. The third-order valence-corrected chi connectivity index (χ3v) is 7.99. The average Bonchev–Trinajstić information content (AvgIpc) is 3.33. The Labute approximate surface area is 202 Å². The summed E-state index contributed by atoms with van der Waals surface area (Å²) in [7, 11) is -7.85. The molecule has 0 atom stereocenters. The number of aromatic nitrogens is 2. The summed E-state index contributed by atoms with van der Waals surface area (Å²) in [5.74, 6) is -0.215. The minimum Gasteiger partial charge on any atom is -0.255 e. The van der Waals surface area contributed by atoms with Gasteiger partial charge in [0.05, 0.1) is 0 Å². The zero-order valence-corrected chi connectivity index (χ0v) is 20.1. The van der Waals surface area contributed by atoms with Crippen LogP contribution in [0.25, 0.3) is 0 Å². The standard InChI is InChI=1S/C22H21N5O4S3/c28-33(29,27-22-23-13-14-32-22)19-11-12-21(24-15-19)26-34(30,31)25-16-20(17-7-3-1-4-8-17)18-9-5-2-6-10-18/h1-15,20,25H,16H2,(H,23,27)(H,24,26). The lowest BCUT2D eigenvalue weighted by Gasteiger charge is -2.19. The van der Waals surface area contributed by atoms with E-state index >= 15 is 0 Å². The van der Waals surface area contributed by atoms with Crippen LogP contribution in [0, 0.1) is 0 Å². The molecule has 0 bridgehead atoms. The van der Waals surface area contributed by atoms with Crippen molar-refractivity contribution in [1.82, 2.24) is 14.7 Å². The third-order valence-electron chi connectivity index (χ3n) is 4.82. The van der Waals surface area contributed by atoms with E-state index in [2.05, 4.69) is 24.1 Å². The molecule has 0 radical (unpaired) electrons. The molecule has 12 heteroatoms. The number of nitrogens with one attached hydrogen (secondary N) is 3. The maximum atomic E-state index is 12.7. The first-order chi connectivity index (χ1) is 16.3. The second-order valence-electron chi connectivity index (χ2n) is 7.15. The zero-order valence-electron chi connectivity index (χ0n) is 17.7. The Bertz CT molecular complexity index is 1370. The number of nitrogens with zero attached hydrogens (tertiary/aromatic N) is 2. The fourth-order valence-electron chi connectivity index (χ4n) is 3.21. The van der Waals surface area contributed by atoms with Crippen molar-refractivity contribution in [3.63, 3.8) is 0 Å². The van der Waals surface area contributed by atoms with E-state index in [0.717, 1.165) is 28.7 Å². The Morgan fingerprint density at radius 2 is 1.44 bits per heavy atom. The molecule has 4 rings (SSSR count). The van der Waals surface area contributed by atoms with Gasteiger partial charge >= 0.3 is 0 Å². The second-order valence-corrected chi connectivity index (χ2v) is 11.2. The molecule has 0 fully saturated rings. The average molecular weight is 516 g/mol. The molecule has 0 unspecified atom stereocenters. The second kappa shape index (κ2) is 10.3. The maximum Gasteiger partial charge on any atom is 0.300 e. The first kappa shape index (κ1) is 23.8. The predicted molar refractivity (Wildman–Crippen MR) is 132 cm³/mol. The summed E-state index contributed by atoms with van der Waals surface area (Å²) in [6.07, 6.45) is 2.55. The van der Waals surface area contributed by atoms with E-state index in [0.29, 0.717) is 0 Å². The maximum absolute atomic E-state index is 12.7. The SMILES string of the molecule is O=S(=O)(NCC(c1ccccc1)c1ccccc1)Nc1ccc(S(=O)(=O)Nc2nccs2)cn1. The van der Waals surface area contributed by atoms with Gasteiger partial charge in [0.2, 0.25) is 0 Å². The van der Waals surface area contributed by atoms with E-state index in [4.69, 9.17) is 0 Å². The lowest BCUT2D eigenvalue weighted by Crippen LogP contribution is -2.34. The van der Waals surface area contributed by atoms with Gasteiger partial charge in [-0.2, -0.15) is 13.1 Å². The number of anilines is 2. The van der Waals surface area contributed by atoms with Gasteiger partial charge in [0.1, 0.15) is 10.7 Å². The summed E-state index contributed by atoms with van der Waals surface area (Å²) in [6, 6.07) is 21.7. The van der Waals surface area contributed by atoms with Crippen LogP contribution in [0.3, 0.4) is 0 Å². The molecule has 0 aliphatic heterocycles. The Hall–Kier alpha value is -3.32. The van der Waals surface area contributed by atoms with Crippen LogP contribution in [0.1, 0.15) is 17.0 Å². The van der Waals surface area contributed by atoms with Crippen molar-refractivity contribution in [3.8, 4) is 0 Å². The molecule has 176 valence electrons. The molecule has 0 aliphatic carbocycles. The molecule has 34 heavy (non-hydrogen) atoms. The molecule has 4 aromatic rings. The van der Waals surface area contributed by atoms with Crippen molar-refractivity contribution >= 4 is 42.5 Å². The number of rotatable bonds is 10. The van der Waals surface area contributed by atoms with Gasteiger partial charge < -0.3 is 0 Å². The molecular formula is C22H21N5O4S3. The van der Waals surface area contributed by atoms with Gasteiger partial charge in [0, 0.05) is 30.2 Å². The van der Waals surface area contributed by atoms with Crippen molar-refractivity contribution in [2.45, 2.75) is 10.8 Å². The lowest BCUT2D eigenvalue weighted by molar-refractivity contribution is 0.582. The van der Waals surface area contributed by atoms with E-state index < -0.39 is 20.2 Å². The van der Waals surface area contributed by atoms with Crippen LogP contribution in [-0.2, 0) is 20.2 Å². The van der Waals surface area contributed by atoms with E-state index in [-0.39, 0.29) is 28.3 Å². The van der Waals surface area contributed by atoms with Crippen LogP contribution < -0.4 is 14.2 Å². The van der Waals surface area contributed by atoms with E-state index in [1.807, 2.05) is 60.7 Å². The highest BCUT2D eigenvalue weighted by atomic mass is 32.2. The Morgan fingerprint density at radius 3 is 1.97 bits per heavy atom. The van der Waals surface area contributed by atoms with Crippen LogP contribution in [0.4, 0.5) is 10.9 Å². The minimum atomic E-state index is -3.97. The molecule has 3 N–H and O–H groups in total. The van der Waals surface area contributed by atoms with Crippen molar-refractivity contribution in [2.75, 3.05) is 16.0 Å². The van der Waals surface area contributed by atoms with Gasteiger partial charge in [-0.15, -0.1) is 11.3 Å². The van der Waals surface area contributed by atoms with Crippen LogP contribution in [0.5, 0.6) is 0 Å². The predicted octanol–water partition coefficient (Wildman–Crippen LogP) is 3.42. The Kier molecular flexibility index (Phi) is 7.22. The number of hydrogen-bond acceptors (Lipinski definition) is 7. The summed E-state index contributed by atoms with van der Waals surface area (Å²) in [5.41, 5.74) is 1.94. The molecule has 2 heterocycles. The third kappa shape index (κ3) is 6.17. The van der Waals surface area contributed by atoms with Gasteiger partial charge in [0.15, 0.2) is 5.13 Å². The van der Waals surface area contributed by atoms with Gasteiger partial charge in [0.25, 0.3) is 20.2 Å². The molecule has 9 nitrogen and oxygen atoms in total. The summed E-state index contributed by atoms with van der Waals surface area (Å²) < 4.78 is 57.4. The molecule has 2 aromatic heterocycles. The number of sulfonamides is 1. The van der Waals surface area contributed by atoms with Gasteiger partial charge in [-0.25, -0.2) is 18.4 Å². The van der Waals surface area contributed by atoms with E-state index in [1.54, 1.807) is 5.38 Å². The van der Waals surface area contributed by atoms with Crippen molar-refractivity contribution in [2.24, 2.45) is 0 Å².